The van der Waals surface area contributed by atoms with Crippen molar-refractivity contribution in [3.8, 4) is 0 Å². The Hall–Kier alpha value is -0.930. The third kappa shape index (κ3) is 2.26. The lowest BCUT2D eigenvalue weighted by Crippen LogP contribution is -2.41. The molecule has 3 heteroatoms. The quantitative estimate of drug-likeness (QED) is 0.524. The molecule has 0 aromatic rings. The summed E-state index contributed by atoms with van der Waals surface area (Å²) in [6.07, 6.45) is 7.06. The zero-order chi connectivity index (χ0) is 9.90. The van der Waals surface area contributed by atoms with Gasteiger partial charge in [-0.05, 0) is 19.9 Å². The largest absolute Gasteiger partial charge is 0.361 e. The van der Waals surface area contributed by atoms with Gasteiger partial charge in [-0.3, -0.25) is 0 Å². The van der Waals surface area contributed by atoms with E-state index < -0.39 is 11.7 Å². The summed E-state index contributed by atoms with van der Waals surface area (Å²) >= 11 is 0. The predicted molar refractivity (Wildman–Crippen MR) is 49.0 cm³/mol. The van der Waals surface area contributed by atoms with E-state index in [1.54, 1.807) is 18.2 Å². The molecule has 0 spiro atoms. The van der Waals surface area contributed by atoms with Crippen molar-refractivity contribution in [2.45, 2.75) is 25.7 Å². The van der Waals surface area contributed by atoms with Gasteiger partial charge in [0.2, 0.25) is 0 Å². The average Bonchev–Trinajstić information content (AvgIpc) is 2.03. The van der Waals surface area contributed by atoms with Crippen molar-refractivity contribution in [3.63, 3.8) is 0 Å². The summed E-state index contributed by atoms with van der Waals surface area (Å²) in [7, 11) is 0. The van der Waals surface area contributed by atoms with Crippen LogP contribution in [0, 0.1) is 5.92 Å². The second kappa shape index (κ2) is 3.85. The first-order chi connectivity index (χ1) is 6.08. The van der Waals surface area contributed by atoms with Crippen molar-refractivity contribution < 1.29 is 14.6 Å². The van der Waals surface area contributed by atoms with Gasteiger partial charge >= 0.3 is 0 Å². The third-order valence-electron chi connectivity index (χ3n) is 1.81. The van der Waals surface area contributed by atoms with Gasteiger partial charge in [-0.15, -0.1) is 0 Å². The standard InChI is InChI=1S/C10H14O3/c1-8(2)13-10(12)6-4-3-5-9(10)7-11/h3-9,12H,1-2H3. The molecular formula is C10H14O3. The van der Waals surface area contributed by atoms with Crippen LogP contribution in [0.3, 0.4) is 0 Å². The Labute approximate surface area is 77.7 Å². The molecule has 1 aliphatic rings. The van der Waals surface area contributed by atoms with Crippen molar-refractivity contribution in [1.29, 1.82) is 0 Å². The van der Waals surface area contributed by atoms with Crippen LogP contribution in [0.4, 0.5) is 0 Å². The molecule has 13 heavy (non-hydrogen) atoms. The van der Waals surface area contributed by atoms with Crippen LogP contribution in [0.25, 0.3) is 0 Å². The van der Waals surface area contributed by atoms with Crippen LogP contribution in [0.5, 0.6) is 0 Å². The van der Waals surface area contributed by atoms with Crippen molar-refractivity contribution in [2.24, 2.45) is 5.92 Å². The monoisotopic (exact) mass is 182 g/mol. The van der Waals surface area contributed by atoms with E-state index in [-0.39, 0.29) is 6.10 Å². The molecule has 0 saturated carbocycles. The van der Waals surface area contributed by atoms with Gasteiger partial charge < -0.3 is 14.6 Å². The van der Waals surface area contributed by atoms with E-state index in [9.17, 15) is 9.90 Å². The molecule has 0 aliphatic heterocycles. The number of rotatable bonds is 3. The average molecular weight is 182 g/mol. The fraction of sp³-hybridized carbons (Fsp3) is 0.500. The highest BCUT2D eigenvalue weighted by atomic mass is 16.6. The second-order valence-corrected chi connectivity index (χ2v) is 3.32. The third-order valence-corrected chi connectivity index (χ3v) is 1.81. The minimum atomic E-state index is -1.47. The topological polar surface area (TPSA) is 46.5 Å². The molecule has 72 valence electrons. The van der Waals surface area contributed by atoms with Crippen LogP contribution >= 0.6 is 0 Å². The van der Waals surface area contributed by atoms with Crippen LogP contribution in [0.1, 0.15) is 13.8 Å². The molecule has 0 amide bonds. The van der Waals surface area contributed by atoms with E-state index in [1.165, 1.54) is 6.08 Å². The minimum Gasteiger partial charge on any atom is -0.361 e. The lowest BCUT2D eigenvalue weighted by atomic mass is 9.95. The summed E-state index contributed by atoms with van der Waals surface area (Å²) in [4.78, 5) is 10.6. The van der Waals surface area contributed by atoms with Gasteiger partial charge in [-0.2, -0.15) is 0 Å². The normalized spacial score (nSPS) is 32.5. The van der Waals surface area contributed by atoms with Gasteiger partial charge in [0.05, 0.1) is 12.0 Å². The Bertz CT molecular complexity index is 243. The van der Waals surface area contributed by atoms with Gasteiger partial charge in [-0.1, -0.05) is 18.2 Å². The molecule has 0 radical (unpaired) electrons. The van der Waals surface area contributed by atoms with Crippen LogP contribution in [-0.4, -0.2) is 23.3 Å². The summed E-state index contributed by atoms with van der Waals surface area (Å²) in [5.74, 6) is -2.08. The summed E-state index contributed by atoms with van der Waals surface area (Å²) < 4.78 is 5.27. The van der Waals surface area contributed by atoms with Crippen LogP contribution in [-0.2, 0) is 9.53 Å². The first-order valence-electron chi connectivity index (χ1n) is 4.30. The molecule has 0 fully saturated rings. The molecule has 0 heterocycles. The Morgan fingerprint density at radius 2 is 2.23 bits per heavy atom. The van der Waals surface area contributed by atoms with Gasteiger partial charge in [-0.25, -0.2) is 0 Å². The predicted octanol–water partition coefficient (Wildman–Crippen LogP) is 1.04. The molecule has 1 N–H and O–H groups in total. The molecule has 3 nitrogen and oxygen atoms in total. The molecule has 2 atom stereocenters. The van der Waals surface area contributed by atoms with E-state index in [2.05, 4.69) is 0 Å². The fourth-order valence-corrected chi connectivity index (χ4v) is 1.26. The number of hydrogen-bond acceptors (Lipinski definition) is 3. The molecule has 1 rings (SSSR count). The van der Waals surface area contributed by atoms with Crippen molar-refractivity contribution in [1.82, 2.24) is 0 Å². The molecule has 0 saturated heterocycles. The number of allylic oxidation sites excluding steroid dienone is 2. The summed E-state index contributed by atoms with van der Waals surface area (Å²) in [6.45, 7) is 3.62. The number of hydrogen-bond donors (Lipinski definition) is 1. The lowest BCUT2D eigenvalue weighted by molar-refractivity contribution is -0.207. The van der Waals surface area contributed by atoms with E-state index in [0.29, 0.717) is 6.29 Å². The van der Waals surface area contributed by atoms with Crippen molar-refractivity contribution in [2.75, 3.05) is 0 Å². The number of carbonyl (C=O) groups is 1. The zero-order valence-corrected chi connectivity index (χ0v) is 7.81. The van der Waals surface area contributed by atoms with Crippen LogP contribution < -0.4 is 0 Å². The molecule has 0 aromatic heterocycles. The highest BCUT2D eigenvalue weighted by molar-refractivity contribution is 5.60. The maximum atomic E-state index is 10.6. The number of ether oxygens (including phenoxy) is 1. The summed E-state index contributed by atoms with van der Waals surface area (Å²) in [6, 6.07) is 0. The van der Waals surface area contributed by atoms with Gasteiger partial charge in [0.25, 0.3) is 0 Å². The summed E-state index contributed by atoms with van der Waals surface area (Å²) in [5, 5.41) is 9.91. The zero-order valence-electron chi connectivity index (χ0n) is 7.81. The van der Waals surface area contributed by atoms with Gasteiger partial charge in [0.1, 0.15) is 6.29 Å². The first kappa shape index (κ1) is 10.2. The highest BCUT2D eigenvalue weighted by Gasteiger charge is 2.35. The fourth-order valence-electron chi connectivity index (χ4n) is 1.26. The SMILES string of the molecule is CC(C)OC1(O)C=CC=CC1C=O. The van der Waals surface area contributed by atoms with Crippen LogP contribution in [0.15, 0.2) is 24.3 Å². The lowest BCUT2D eigenvalue weighted by Gasteiger charge is -2.31. The maximum Gasteiger partial charge on any atom is 0.199 e. The number of aldehydes is 1. The van der Waals surface area contributed by atoms with Gasteiger partial charge in [0, 0.05) is 0 Å². The van der Waals surface area contributed by atoms with E-state index in [0.717, 1.165) is 0 Å². The Balaban J connectivity index is 2.79. The molecule has 1 aliphatic carbocycles. The van der Waals surface area contributed by atoms with Gasteiger partial charge in [0.15, 0.2) is 5.79 Å². The maximum absolute atomic E-state index is 10.6. The molecule has 0 aromatic carbocycles. The van der Waals surface area contributed by atoms with E-state index in [4.69, 9.17) is 4.74 Å². The highest BCUT2D eigenvalue weighted by Crippen LogP contribution is 2.25. The van der Waals surface area contributed by atoms with Crippen molar-refractivity contribution in [3.05, 3.63) is 24.3 Å². The van der Waals surface area contributed by atoms with E-state index in [1.807, 2.05) is 13.8 Å². The Morgan fingerprint density at radius 1 is 1.54 bits per heavy atom. The number of aliphatic hydroxyl groups is 1. The van der Waals surface area contributed by atoms with Crippen molar-refractivity contribution >= 4 is 6.29 Å². The molecule has 2 unspecified atom stereocenters. The number of carbonyl (C=O) groups excluding carboxylic acids is 1. The smallest absolute Gasteiger partial charge is 0.199 e. The first-order valence-corrected chi connectivity index (χ1v) is 4.30. The Morgan fingerprint density at radius 3 is 2.77 bits per heavy atom. The minimum absolute atomic E-state index is 0.122. The van der Waals surface area contributed by atoms with E-state index >= 15 is 0 Å². The second-order valence-electron chi connectivity index (χ2n) is 3.32. The Kier molecular flexibility index (Phi) is 3.01. The molecule has 0 bridgehead atoms. The van der Waals surface area contributed by atoms with Crippen LogP contribution in [0.2, 0.25) is 0 Å². The summed E-state index contributed by atoms with van der Waals surface area (Å²) in [5.41, 5.74) is 0. The molecular weight excluding hydrogens is 168 g/mol.